The molecule has 1 N–H and O–H groups in total. The molecule has 0 bridgehead atoms. The zero-order chi connectivity index (χ0) is 13.8. The minimum atomic E-state index is 0.757. The molecule has 0 aliphatic carbocycles. The van der Waals surface area contributed by atoms with Crippen LogP contribution in [0.1, 0.15) is 77.6 Å². The third-order valence-electron chi connectivity index (χ3n) is 4.34. The molecule has 0 saturated carbocycles. The van der Waals surface area contributed by atoms with E-state index in [1.165, 1.54) is 90.3 Å². The van der Waals surface area contributed by atoms with Crippen molar-refractivity contribution in [1.29, 1.82) is 0 Å². The zero-order valence-corrected chi connectivity index (χ0v) is 13.4. The molecule has 2 nitrogen and oxygen atoms in total. The van der Waals surface area contributed by atoms with E-state index in [1.54, 1.807) is 0 Å². The molecule has 1 aliphatic heterocycles. The molecule has 1 rings (SSSR count). The first-order chi connectivity index (χ1) is 9.33. The van der Waals surface area contributed by atoms with Gasteiger partial charge in [-0.15, -0.1) is 0 Å². The molecular weight excluding hydrogens is 232 g/mol. The lowest BCUT2D eigenvalue weighted by molar-refractivity contribution is 0.257. The zero-order valence-electron chi connectivity index (χ0n) is 13.4. The summed E-state index contributed by atoms with van der Waals surface area (Å²) in [6.07, 6.45) is 15.6. The van der Waals surface area contributed by atoms with Gasteiger partial charge in [0.25, 0.3) is 0 Å². The SMILES string of the molecule is CCCCCCCCCCN(C)CC1CCCCN1. The van der Waals surface area contributed by atoms with Gasteiger partial charge in [0, 0.05) is 12.6 Å². The van der Waals surface area contributed by atoms with Gasteiger partial charge in [0.2, 0.25) is 0 Å². The highest BCUT2D eigenvalue weighted by atomic mass is 15.1. The number of hydrogen-bond donors (Lipinski definition) is 1. The van der Waals surface area contributed by atoms with Gasteiger partial charge in [-0.3, -0.25) is 0 Å². The summed E-state index contributed by atoms with van der Waals surface area (Å²) >= 11 is 0. The Hall–Kier alpha value is -0.0800. The van der Waals surface area contributed by atoms with Crippen LogP contribution in [-0.2, 0) is 0 Å². The molecule has 0 aromatic rings. The molecule has 0 spiro atoms. The van der Waals surface area contributed by atoms with Crippen LogP contribution in [0.25, 0.3) is 0 Å². The lowest BCUT2D eigenvalue weighted by Crippen LogP contribution is -2.42. The lowest BCUT2D eigenvalue weighted by atomic mass is 10.0. The monoisotopic (exact) mass is 268 g/mol. The number of rotatable bonds is 11. The van der Waals surface area contributed by atoms with E-state index < -0.39 is 0 Å². The Morgan fingerprint density at radius 2 is 1.63 bits per heavy atom. The van der Waals surface area contributed by atoms with E-state index in [0.717, 1.165) is 6.04 Å². The van der Waals surface area contributed by atoms with Crippen molar-refractivity contribution in [3.63, 3.8) is 0 Å². The fourth-order valence-corrected chi connectivity index (χ4v) is 3.06. The van der Waals surface area contributed by atoms with Crippen molar-refractivity contribution in [1.82, 2.24) is 10.2 Å². The molecule has 0 radical (unpaired) electrons. The van der Waals surface area contributed by atoms with Crippen LogP contribution in [0, 0.1) is 0 Å². The van der Waals surface area contributed by atoms with E-state index in [4.69, 9.17) is 0 Å². The van der Waals surface area contributed by atoms with E-state index >= 15 is 0 Å². The predicted octanol–water partition coefficient (Wildman–Crippen LogP) is 4.20. The normalized spacial score (nSPS) is 20.1. The van der Waals surface area contributed by atoms with Crippen LogP contribution in [0.5, 0.6) is 0 Å². The van der Waals surface area contributed by atoms with Gasteiger partial charge in [-0.1, -0.05) is 58.3 Å². The summed E-state index contributed by atoms with van der Waals surface area (Å²) < 4.78 is 0. The number of likely N-dealkylation sites (N-methyl/N-ethyl adjacent to an activating group) is 1. The topological polar surface area (TPSA) is 15.3 Å². The van der Waals surface area contributed by atoms with Crippen molar-refractivity contribution < 1.29 is 0 Å². The summed E-state index contributed by atoms with van der Waals surface area (Å²) in [5.41, 5.74) is 0. The summed E-state index contributed by atoms with van der Waals surface area (Å²) in [5.74, 6) is 0. The van der Waals surface area contributed by atoms with Crippen molar-refractivity contribution >= 4 is 0 Å². The van der Waals surface area contributed by atoms with Crippen LogP contribution < -0.4 is 5.32 Å². The summed E-state index contributed by atoms with van der Waals surface area (Å²) in [4.78, 5) is 2.53. The fraction of sp³-hybridized carbons (Fsp3) is 1.00. The molecule has 1 unspecified atom stereocenters. The lowest BCUT2D eigenvalue weighted by Gasteiger charge is -2.28. The molecule has 0 aromatic carbocycles. The van der Waals surface area contributed by atoms with E-state index in [1.807, 2.05) is 0 Å². The second kappa shape index (κ2) is 11.7. The Kier molecular flexibility index (Phi) is 10.5. The van der Waals surface area contributed by atoms with Gasteiger partial charge in [-0.05, 0) is 39.4 Å². The molecule has 1 aliphatic rings. The fourth-order valence-electron chi connectivity index (χ4n) is 3.06. The molecule has 1 saturated heterocycles. The number of hydrogen-bond acceptors (Lipinski definition) is 2. The van der Waals surface area contributed by atoms with Gasteiger partial charge >= 0.3 is 0 Å². The van der Waals surface area contributed by atoms with Crippen molar-refractivity contribution in [3.05, 3.63) is 0 Å². The Morgan fingerprint density at radius 1 is 0.947 bits per heavy atom. The van der Waals surface area contributed by atoms with Crippen LogP contribution >= 0.6 is 0 Å². The van der Waals surface area contributed by atoms with E-state index in [0.29, 0.717) is 0 Å². The molecule has 1 fully saturated rings. The maximum absolute atomic E-state index is 3.64. The summed E-state index contributed by atoms with van der Waals surface area (Å²) in [6.45, 7) is 6.05. The van der Waals surface area contributed by atoms with Crippen molar-refractivity contribution in [2.75, 3.05) is 26.7 Å². The number of unbranched alkanes of at least 4 members (excludes halogenated alkanes) is 7. The predicted molar refractivity (Wildman–Crippen MR) is 85.7 cm³/mol. The molecule has 2 heteroatoms. The summed E-state index contributed by atoms with van der Waals surface area (Å²) in [7, 11) is 2.29. The first-order valence-corrected chi connectivity index (χ1v) is 8.75. The van der Waals surface area contributed by atoms with Crippen LogP contribution in [0.2, 0.25) is 0 Å². The number of nitrogens with one attached hydrogen (secondary N) is 1. The van der Waals surface area contributed by atoms with E-state index in [-0.39, 0.29) is 0 Å². The van der Waals surface area contributed by atoms with Gasteiger partial charge in [0.1, 0.15) is 0 Å². The molecule has 0 amide bonds. The van der Waals surface area contributed by atoms with Crippen molar-refractivity contribution in [3.8, 4) is 0 Å². The third kappa shape index (κ3) is 9.45. The van der Waals surface area contributed by atoms with Crippen LogP contribution in [0.4, 0.5) is 0 Å². The largest absolute Gasteiger partial charge is 0.313 e. The Morgan fingerprint density at radius 3 is 2.26 bits per heavy atom. The minimum Gasteiger partial charge on any atom is -0.313 e. The standard InChI is InChI=1S/C17H36N2/c1-3-4-5-6-7-8-9-12-15-19(2)16-17-13-10-11-14-18-17/h17-18H,3-16H2,1-2H3. The van der Waals surface area contributed by atoms with Crippen LogP contribution in [0.3, 0.4) is 0 Å². The second-order valence-electron chi connectivity index (χ2n) is 6.38. The molecular formula is C17H36N2. The summed E-state index contributed by atoms with van der Waals surface area (Å²) in [5, 5.41) is 3.64. The van der Waals surface area contributed by atoms with Crippen molar-refractivity contribution in [2.45, 2.75) is 83.6 Å². The maximum atomic E-state index is 3.64. The first-order valence-electron chi connectivity index (χ1n) is 8.75. The number of piperidine rings is 1. The number of nitrogens with zero attached hydrogens (tertiary/aromatic N) is 1. The molecule has 1 heterocycles. The third-order valence-corrected chi connectivity index (χ3v) is 4.34. The molecule has 1 atom stereocenters. The highest BCUT2D eigenvalue weighted by molar-refractivity contribution is 4.74. The van der Waals surface area contributed by atoms with Gasteiger partial charge < -0.3 is 10.2 Å². The quantitative estimate of drug-likeness (QED) is 0.565. The molecule has 19 heavy (non-hydrogen) atoms. The molecule has 0 aromatic heterocycles. The first kappa shape index (κ1) is 17.0. The average Bonchev–Trinajstić information content (AvgIpc) is 2.43. The summed E-state index contributed by atoms with van der Waals surface area (Å²) in [6, 6.07) is 0.757. The second-order valence-corrected chi connectivity index (χ2v) is 6.38. The minimum absolute atomic E-state index is 0.757. The maximum Gasteiger partial charge on any atom is 0.0194 e. The Labute approximate surface area is 121 Å². The van der Waals surface area contributed by atoms with Gasteiger partial charge in [0.05, 0.1) is 0 Å². The van der Waals surface area contributed by atoms with Crippen LogP contribution in [-0.4, -0.2) is 37.6 Å². The molecule has 114 valence electrons. The highest BCUT2D eigenvalue weighted by Crippen LogP contribution is 2.10. The Balaban J connectivity index is 1.85. The Bertz CT molecular complexity index is 188. The van der Waals surface area contributed by atoms with E-state index in [2.05, 4.69) is 24.2 Å². The highest BCUT2D eigenvalue weighted by Gasteiger charge is 2.13. The van der Waals surface area contributed by atoms with Gasteiger partial charge in [-0.25, -0.2) is 0 Å². The average molecular weight is 268 g/mol. The van der Waals surface area contributed by atoms with E-state index in [9.17, 15) is 0 Å². The van der Waals surface area contributed by atoms with Gasteiger partial charge in [-0.2, -0.15) is 0 Å². The van der Waals surface area contributed by atoms with Crippen LogP contribution in [0.15, 0.2) is 0 Å². The van der Waals surface area contributed by atoms with Gasteiger partial charge in [0.15, 0.2) is 0 Å². The van der Waals surface area contributed by atoms with Crippen molar-refractivity contribution in [2.24, 2.45) is 0 Å². The smallest absolute Gasteiger partial charge is 0.0194 e.